The number of piperazine rings is 1. The second-order valence-electron chi connectivity index (χ2n) is 8.72. The summed E-state index contributed by atoms with van der Waals surface area (Å²) in [6.07, 6.45) is 1.63. The molecule has 37 heavy (non-hydrogen) atoms. The molecule has 1 aliphatic heterocycles. The van der Waals surface area contributed by atoms with Gasteiger partial charge in [-0.1, -0.05) is 0 Å². The Morgan fingerprint density at radius 3 is 2.54 bits per heavy atom. The van der Waals surface area contributed by atoms with Crippen molar-refractivity contribution in [3.05, 3.63) is 53.3 Å². The summed E-state index contributed by atoms with van der Waals surface area (Å²) in [5.41, 5.74) is 8.98. The van der Waals surface area contributed by atoms with Crippen molar-refractivity contribution in [1.29, 1.82) is 0 Å². The number of carbonyl (C=O) groups excluding carboxylic acids is 1. The number of aromatic nitrogens is 2. The van der Waals surface area contributed by atoms with Gasteiger partial charge in [0.2, 0.25) is 5.95 Å². The number of carbonyl (C=O) groups is 1. The minimum Gasteiger partial charge on any atom is -0.496 e. The van der Waals surface area contributed by atoms with Crippen molar-refractivity contribution < 1.29 is 18.7 Å². The number of halogens is 1. The maximum Gasteiger partial charge on any atom is 0.259 e. The van der Waals surface area contributed by atoms with E-state index in [9.17, 15) is 9.18 Å². The lowest BCUT2D eigenvalue weighted by Gasteiger charge is -2.34. The molecule has 2 aromatic carbocycles. The van der Waals surface area contributed by atoms with Crippen LogP contribution in [0.15, 0.2) is 42.6 Å². The van der Waals surface area contributed by atoms with Crippen LogP contribution in [0.5, 0.6) is 11.5 Å². The summed E-state index contributed by atoms with van der Waals surface area (Å²) in [5.74, 6) is 0.180. The van der Waals surface area contributed by atoms with E-state index in [4.69, 9.17) is 20.2 Å². The first-order valence-corrected chi connectivity index (χ1v) is 12.5. The smallest absolute Gasteiger partial charge is 0.259 e. The number of amides is 1. The fourth-order valence-corrected chi connectivity index (χ4v) is 5.39. The van der Waals surface area contributed by atoms with Crippen LogP contribution in [0.4, 0.5) is 21.7 Å². The molecule has 9 nitrogen and oxygen atoms in total. The minimum absolute atomic E-state index is 0.275. The zero-order valence-corrected chi connectivity index (χ0v) is 21.6. The Labute approximate surface area is 217 Å². The minimum atomic E-state index is -0.611. The van der Waals surface area contributed by atoms with Crippen molar-refractivity contribution >= 4 is 44.8 Å². The van der Waals surface area contributed by atoms with Crippen LogP contribution in [0.25, 0.3) is 21.3 Å². The first kappa shape index (κ1) is 24.7. The van der Waals surface area contributed by atoms with Crippen molar-refractivity contribution in [3.63, 3.8) is 0 Å². The Morgan fingerprint density at radius 2 is 1.84 bits per heavy atom. The van der Waals surface area contributed by atoms with Gasteiger partial charge in [0.25, 0.3) is 5.91 Å². The number of methoxy groups -OCH3 is 2. The lowest BCUT2D eigenvalue weighted by molar-refractivity contribution is 0.100. The zero-order valence-electron chi connectivity index (χ0n) is 20.7. The van der Waals surface area contributed by atoms with Gasteiger partial charge in [0.05, 0.1) is 36.3 Å². The third-order valence-electron chi connectivity index (χ3n) is 6.39. The predicted molar refractivity (Wildman–Crippen MR) is 144 cm³/mol. The molecule has 11 heteroatoms. The molecule has 0 spiro atoms. The average molecular weight is 523 g/mol. The quantitative estimate of drug-likeness (QED) is 0.374. The molecule has 0 unspecified atom stereocenters. The van der Waals surface area contributed by atoms with Gasteiger partial charge in [-0.15, -0.1) is 11.3 Å². The number of nitrogens with two attached hydrogens (primary N) is 1. The van der Waals surface area contributed by atoms with Gasteiger partial charge < -0.3 is 30.3 Å². The van der Waals surface area contributed by atoms with E-state index < -0.39 is 11.7 Å². The molecule has 1 fully saturated rings. The second kappa shape index (κ2) is 10.2. The Balaban J connectivity index is 1.53. The number of fused-ring (bicyclic) bond motifs is 1. The summed E-state index contributed by atoms with van der Waals surface area (Å²) in [6.45, 7) is 3.90. The number of likely N-dealkylation sites (N-methyl/N-ethyl adjacent to an activating group) is 1. The SMILES string of the molecule is COc1cc(N2CCN(C)CC2)ccc1Nc1ncc2sc(C(N)=O)c(-c3ccc(F)cc3OC)c2n1. The van der Waals surface area contributed by atoms with E-state index in [0.717, 1.165) is 31.9 Å². The monoisotopic (exact) mass is 522 g/mol. The summed E-state index contributed by atoms with van der Waals surface area (Å²) < 4.78 is 25.6. The molecule has 1 aliphatic rings. The molecule has 0 aliphatic carbocycles. The molecule has 0 atom stereocenters. The topological polar surface area (TPSA) is 106 Å². The van der Waals surface area contributed by atoms with Crippen LogP contribution in [-0.2, 0) is 0 Å². The Morgan fingerprint density at radius 1 is 1.08 bits per heavy atom. The van der Waals surface area contributed by atoms with Crippen LogP contribution in [0.1, 0.15) is 9.67 Å². The number of nitrogens with zero attached hydrogens (tertiary/aromatic N) is 4. The Bertz CT molecular complexity index is 1470. The standard InChI is InChI=1S/C26H27FN6O3S/c1-32-8-10-33(11-9-32)16-5-7-18(20(13-16)36-3)30-26-29-14-21-23(31-26)22(24(37-21)25(28)34)17-6-4-15(27)12-19(17)35-2/h4-7,12-14H,8-11H2,1-3H3,(H2,28,34)(H,29,30,31). The van der Waals surface area contributed by atoms with Gasteiger partial charge in [0.15, 0.2) is 0 Å². The number of ether oxygens (including phenoxy) is 2. The van der Waals surface area contributed by atoms with E-state index in [0.29, 0.717) is 43.6 Å². The molecule has 1 amide bonds. The highest BCUT2D eigenvalue weighted by Gasteiger charge is 2.23. The van der Waals surface area contributed by atoms with Crippen molar-refractivity contribution in [3.8, 4) is 22.6 Å². The van der Waals surface area contributed by atoms with E-state index in [-0.39, 0.29) is 5.75 Å². The van der Waals surface area contributed by atoms with Gasteiger partial charge in [-0.25, -0.2) is 14.4 Å². The molecular weight excluding hydrogens is 495 g/mol. The lowest BCUT2D eigenvalue weighted by Crippen LogP contribution is -2.44. The van der Waals surface area contributed by atoms with Crippen LogP contribution >= 0.6 is 11.3 Å². The van der Waals surface area contributed by atoms with E-state index in [1.165, 1.54) is 30.6 Å². The fraction of sp³-hybridized carbons (Fsp3) is 0.269. The number of thiophene rings is 1. The van der Waals surface area contributed by atoms with Gasteiger partial charge in [0.1, 0.15) is 22.2 Å². The fourth-order valence-electron chi connectivity index (χ4n) is 4.41. The maximum absolute atomic E-state index is 13.9. The molecule has 0 radical (unpaired) electrons. The van der Waals surface area contributed by atoms with Gasteiger partial charge in [-0.2, -0.15) is 0 Å². The number of rotatable bonds is 7. The lowest BCUT2D eigenvalue weighted by atomic mass is 10.0. The highest BCUT2D eigenvalue weighted by atomic mass is 32.1. The molecule has 1 saturated heterocycles. The Hall–Kier alpha value is -3.96. The predicted octanol–water partition coefficient (Wildman–Crippen LogP) is 4.11. The van der Waals surface area contributed by atoms with Crippen molar-refractivity contribution in [1.82, 2.24) is 14.9 Å². The van der Waals surface area contributed by atoms with Crippen LogP contribution < -0.4 is 25.4 Å². The van der Waals surface area contributed by atoms with E-state index in [1.54, 1.807) is 19.4 Å². The molecule has 3 heterocycles. The normalized spacial score (nSPS) is 14.1. The van der Waals surface area contributed by atoms with E-state index in [2.05, 4.69) is 27.1 Å². The van der Waals surface area contributed by atoms with Gasteiger partial charge >= 0.3 is 0 Å². The summed E-state index contributed by atoms with van der Waals surface area (Å²) in [5, 5.41) is 3.23. The van der Waals surface area contributed by atoms with Gasteiger partial charge in [0, 0.05) is 55.1 Å². The first-order chi connectivity index (χ1) is 17.9. The van der Waals surface area contributed by atoms with Gasteiger partial charge in [-0.3, -0.25) is 4.79 Å². The number of primary amides is 1. The molecule has 4 aromatic rings. The number of benzene rings is 2. The summed E-state index contributed by atoms with van der Waals surface area (Å²) in [4.78, 5) is 26.4. The van der Waals surface area contributed by atoms with E-state index in [1.807, 2.05) is 18.2 Å². The van der Waals surface area contributed by atoms with Crippen molar-refractivity contribution in [2.24, 2.45) is 5.73 Å². The molecule has 0 saturated carbocycles. The zero-order chi connectivity index (χ0) is 26.1. The molecule has 3 N–H and O–H groups in total. The maximum atomic E-state index is 13.9. The van der Waals surface area contributed by atoms with Gasteiger partial charge in [-0.05, 0) is 31.3 Å². The van der Waals surface area contributed by atoms with Crippen molar-refractivity contribution in [2.45, 2.75) is 0 Å². The molecular formula is C26H27FN6O3S. The number of hydrogen-bond acceptors (Lipinski definition) is 9. The highest BCUT2D eigenvalue weighted by molar-refractivity contribution is 7.21. The van der Waals surface area contributed by atoms with Crippen molar-refractivity contribution in [2.75, 3.05) is 57.7 Å². The Kier molecular flexibility index (Phi) is 6.81. The highest BCUT2D eigenvalue weighted by Crippen LogP contribution is 2.42. The number of hydrogen-bond donors (Lipinski definition) is 2. The van der Waals surface area contributed by atoms with Crippen LogP contribution in [0.3, 0.4) is 0 Å². The first-order valence-electron chi connectivity index (χ1n) is 11.7. The molecule has 192 valence electrons. The third kappa shape index (κ3) is 4.87. The molecule has 2 aromatic heterocycles. The van der Waals surface area contributed by atoms with Crippen LogP contribution in [0, 0.1) is 5.82 Å². The van der Waals surface area contributed by atoms with Crippen LogP contribution in [-0.4, -0.2) is 68.2 Å². The van der Waals surface area contributed by atoms with E-state index >= 15 is 0 Å². The number of nitrogens with one attached hydrogen (secondary N) is 1. The summed E-state index contributed by atoms with van der Waals surface area (Å²) in [6, 6.07) is 10.1. The third-order valence-corrected chi connectivity index (χ3v) is 7.52. The molecule has 0 bridgehead atoms. The molecule has 5 rings (SSSR count). The number of anilines is 3. The summed E-state index contributed by atoms with van der Waals surface area (Å²) in [7, 11) is 5.19. The average Bonchev–Trinajstić information content (AvgIpc) is 3.28. The summed E-state index contributed by atoms with van der Waals surface area (Å²) >= 11 is 1.18. The largest absolute Gasteiger partial charge is 0.496 e. The second-order valence-corrected chi connectivity index (χ2v) is 9.77. The van der Waals surface area contributed by atoms with Crippen LogP contribution in [0.2, 0.25) is 0 Å².